The van der Waals surface area contributed by atoms with Crippen molar-refractivity contribution in [3.05, 3.63) is 69.3 Å². The standard InChI is InChI=1S/C23H28N4O4/c1-16-10-12-26(13-11-16)20-9-8-19(14-21(20)27(30)31)22(28)24-15-17-4-6-18(7-5-17)23(29)25(2)3/h4-9,14,16H,10-13,15H2,1-3H3,(H,24,28). The van der Waals surface area contributed by atoms with Crippen LogP contribution in [0.2, 0.25) is 0 Å². The molecule has 3 rings (SSSR count). The Labute approximate surface area is 182 Å². The molecule has 31 heavy (non-hydrogen) atoms. The van der Waals surface area contributed by atoms with E-state index in [1.807, 2.05) is 4.90 Å². The Morgan fingerprint density at radius 2 is 1.71 bits per heavy atom. The molecule has 0 aromatic heterocycles. The van der Waals surface area contributed by atoms with Crippen molar-refractivity contribution in [2.45, 2.75) is 26.3 Å². The summed E-state index contributed by atoms with van der Waals surface area (Å²) in [6.07, 6.45) is 2.00. The van der Waals surface area contributed by atoms with Crippen LogP contribution in [-0.2, 0) is 6.54 Å². The number of hydrogen-bond donors (Lipinski definition) is 1. The molecule has 1 heterocycles. The first-order chi connectivity index (χ1) is 14.8. The fraction of sp³-hybridized carbons (Fsp3) is 0.391. The average molecular weight is 425 g/mol. The van der Waals surface area contributed by atoms with Crippen molar-refractivity contribution in [1.82, 2.24) is 10.2 Å². The molecule has 1 N–H and O–H groups in total. The smallest absolute Gasteiger partial charge is 0.293 e. The summed E-state index contributed by atoms with van der Waals surface area (Å²) in [6, 6.07) is 11.6. The lowest BCUT2D eigenvalue weighted by Gasteiger charge is -2.31. The molecule has 0 radical (unpaired) electrons. The maximum absolute atomic E-state index is 12.6. The Hall–Kier alpha value is -3.42. The lowest BCUT2D eigenvalue weighted by atomic mass is 9.98. The van der Waals surface area contributed by atoms with E-state index in [0.717, 1.165) is 31.5 Å². The van der Waals surface area contributed by atoms with Crippen LogP contribution in [0.5, 0.6) is 0 Å². The molecule has 1 saturated heterocycles. The number of anilines is 1. The van der Waals surface area contributed by atoms with E-state index in [2.05, 4.69) is 12.2 Å². The number of benzene rings is 2. The van der Waals surface area contributed by atoms with Crippen LogP contribution in [0, 0.1) is 16.0 Å². The summed E-state index contributed by atoms with van der Waals surface area (Å²) in [7, 11) is 3.37. The molecule has 2 aromatic rings. The van der Waals surface area contributed by atoms with E-state index in [-0.39, 0.29) is 29.6 Å². The molecule has 2 amide bonds. The van der Waals surface area contributed by atoms with Gasteiger partial charge < -0.3 is 15.1 Å². The number of amides is 2. The molecule has 0 spiro atoms. The monoisotopic (exact) mass is 424 g/mol. The van der Waals surface area contributed by atoms with Crippen LogP contribution in [0.4, 0.5) is 11.4 Å². The zero-order valence-electron chi connectivity index (χ0n) is 18.1. The number of nitrogens with zero attached hydrogens (tertiary/aromatic N) is 3. The first-order valence-corrected chi connectivity index (χ1v) is 10.4. The molecule has 2 aromatic carbocycles. The maximum atomic E-state index is 12.6. The predicted octanol–water partition coefficient (Wildman–Crippen LogP) is 3.46. The summed E-state index contributed by atoms with van der Waals surface area (Å²) in [6.45, 7) is 4.00. The minimum absolute atomic E-state index is 0.0475. The summed E-state index contributed by atoms with van der Waals surface area (Å²) < 4.78 is 0. The second-order valence-corrected chi connectivity index (χ2v) is 8.21. The van der Waals surface area contributed by atoms with Gasteiger partial charge in [-0.25, -0.2) is 0 Å². The van der Waals surface area contributed by atoms with E-state index < -0.39 is 4.92 Å². The topological polar surface area (TPSA) is 95.8 Å². The fourth-order valence-corrected chi connectivity index (χ4v) is 3.64. The molecular formula is C23H28N4O4. The third-order valence-electron chi connectivity index (χ3n) is 5.62. The summed E-state index contributed by atoms with van der Waals surface area (Å²) in [5, 5.41) is 14.4. The SMILES string of the molecule is CC1CCN(c2ccc(C(=O)NCc3ccc(C(=O)N(C)C)cc3)cc2[N+](=O)[O-])CC1. The molecule has 1 aliphatic rings. The lowest BCUT2D eigenvalue weighted by molar-refractivity contribution is -0.384. The Kier molecular flexibility index (Phi) is 6.89. The zero-order chi connectivity index (χ0) is 22.5. The van der Waals surface area contributed by atoms with Gasteiger partial charge in [0.2, 0.25) is 0 Å². The van der Waals surface area contributed by atoms with E-state index in [1.54, 1.807) is 50.5 Å². The number of carbonyl (C=O) groups excluding carboxylic acids is 2. The van der Waals surface area contributed by atoms with E-state index in [1.165, 1.54) is 11.0 Å². The summed E-state index contributed by atoms with van der Waals surface area (Å²) >= 11 is 0. The van der Waals surface area contributed by atoms with Crippen molar-refractivity contribution < 1.29 is 14.5 Å². The second-order valence-electron chi connectivity index (χ2n) is 8.21. The highest BCUT2D eigenvalue weighted by Crippen LogP contribution is 2.32. The molecule has 0 atom stereocenters. The normalized spacial score (nSPS) is 14.2. The number of piperidine rings is 1. The highest BCUT2D eigenvalue weighted by Gasteiger charge is 2.24. The van der Waals surface area contributed by atoms with Crippen LogP contribution in [0.1, 0.15) is 46.0 Å². The molecule has 0 bridgehead atoms. The van der Waals surface area contributed by atoms with Gasteiger partial charge in [0.25, 0.3) is 17.5 Å². The first-order valence-electron chi connectivity index (χ1n) is 10.4. The van der Waals surface area contributed by atoms with Crippen molar-refractivity contribution in [3.63, 3.8) is 0 Å². The van der Waals surface area contributed by atoms with Gasteiger partial charge in [-0.2, -0.15) is 0 Å². The Morgan fingerprint density at radius 1 is 1.10 bits per heavy atom. The first kappa shape index (κ1) is 22.3. The van der Waals surface area contributed by atoms with Crippen LogP contribution in [0.3, 0.4) is 0 Å². The summed E-state index contributed by atoms with van der Waals surface area (Å²) in [5.41, 5.74) is 2.17. The highest BCUT2D eigenvalue weighted by atomic mass is 16.6. The van der Waals surface area contributed by atoms with Gasteiger partial charge in [0.15, 0.2) is 0 Å². The number of nitro benzene ring substituents is 1. The van der Waals surface area contributed by atoms with Crippen LogP contribution < -0.4 is 10.2 Å². The van der Waals surface area contributed by atoms with Gasteiger partial charge in [0.1, 0.15) is 5.69 Å². The van der Waals surface area contributed by atoms with Crippen LogP contribution >= 0.6 is 0 Å². The zero-order valence-corrected chi connectivity index (χ0v) is 18.1. The molecule has 0 aliphatic carbocycles. The van der Waals surface area contributed by atoms with E-state index >= 15 is 0 Å². The van der Waals surface area contributed by atoms with Gasteiger partial charge in [-0.3, -0.25) is 19.7 Å². The summed E-state index contributed by atoms with van der Waals surface area (Å²) in [4.78, 5) is 39.3. The second kappa shape index (κ2) is 9.59. The van der Waals surface area contributed by atoms with Crippen LogP contribution in [0.25, 0.3) is 0 Å². The molecule has 164 valence electrons. The highest BCUT2D eigenvalue weighted by molar-refractivity contribution is 5.96. The van der Waals surface area contributed by atoms with Crippen molar-refractivity contribution in [2.24, 2.45) is 5.92 Å². The number of nitro groups is 1. The molecule has 0 unspecified atom stereocenters. The van der Waals surface area contributed by atoms with E-state index in [0.29, 0.717) is 17.2 Å². The Morgan fingerprint density at radius 3 is 2.29 bits per heavy atom. The molecular weight excluding hydrogens is 396 g/mol. The third-order valence-corrected chi connectivity index (χ3v) is 5.62. The van der Waals surface area contributed by atoms with Gasteiger partial charge in [-0.1, -0.05) is 19.1 Å². The number of carbonyl (C=O) groups is 2. The average Bonchev–Trinajstić information content (AvgIpc) is 2.77. The van der Waals surface area contributed by atoms with Gasteiger partial charge in [-0.15, -0.1) is 0 Å². The van der Waals surface area contributed by atoms with Gasteiger partial charge in [-0.05, 0) is 48.6 Å². The minimum Gasteiger partial charge on any atom is -0.366 e. The van der Waals surface area contributed by atoms with Crippen LogP contribution in [0.15, 0.2) is 42.5 Å². The molecule has 0 saturated carbocycles. The predicted molar refractivity (Wildman–Crippen MR) is 119 cm³/mol. The van der Waals surface area contributed by atoms with Gasteiger partial charge in [0, 0.05) is 50.9 Å². The van der Waals surface area contributed by atoms with E-state index in [4.69, 9.17) is 0 Å². The lowest BCUT2D eigenvalue weighted by Crippen LogP contribution is -2.33. The molecule has 8 nitrogen and oxygen atoms in total. The van der Waals surface area contributed by atoms with Crippen molar-refractivity contribution in [2.75, 3.05) is 32.1 Å². The number of nitrogens with one attached hydrogen (secondary N) is 1. The fourth-order valence-electron chi connectivity index (χ4n) is 3.64. The van der Waals surface area contributed by atoms with Gasteiger partial charge >= 0.3 is 0 Å². The maximum Gasteiger partial charge on any atom is 0.293 e. The molecule has 8 heteroatoms. The van der Waals surface area contributed by atoms with Crippen molar-refractivity contribution in [1.29, 1.82) is 0 Å². The molecule has 1 fully saturated rings. The number of rotatable bonds is 6. The number of hydrogen-bond acceptors (Lipinski definition) is 5. The third kappa shape index (κ3) is 5.39. The minimum atomic E-state index is -0.426. The van der Waals surface area contributed by atoms with Crippen molar-refractivity contribution >= 4 is 23.2 Å². The van der Waals surface area contributed by atoms with Crippen LogP contribution in [-0.4, -0.2) is 48.8 Å². The van der Waals surface area contributed by atoms with E-state index in [9.17, 15) is 19.7 Å². The Balaban J connectivity index is 1.68. The van der Waals surface area contributed by atoms with Gasteiger partial charge in [0.05, 0.1) is 4.92 Å². The Bertz CT molecular complexity index is 964. The largest absolute Gasteiger partial charge is 0.366 e. The van der Waals surface area contributed by atoms with Crippen molar-refractivity contribution in [3.8, 4) is 0 Å². The molecule has 1 aliphatic heterocycles. The quantitative estimate of drug-likeness (QED) is 0.566. The summed E-state index contributed by atoms with van der Waals surface area (Å²) in [5.74, 6) is 0.150.